The maximum atomic E-state index is 10.8. The molecule has 0 aliphatic carbocycles. The lowest BCUT2D eigenvalue weighted by Gasteiger charge is -2.04. The van der Waals surface area contributed by atoms with Gasteiger partial charge in [0.05, 0.1) is 15.9 Å². The molecule has 0 aliphatic rings. The topological polar surface area (TPSA) is 86.3 Å². The van der Waals surface area contributed by atoms with Crippen molar-refractivity contribution in [2.24, 2.45) is 0 Å². The fraction of sp³-hybridized carbons (Fsp3) is 0.400. The zero-order valence-corrected chi connectivity index (χ0v) is 9.88. The van der Waals surface area contributed by atoms with Gasteiger partial charge in [0.25, 0.3) is 11.4 Å². The Balaban J connectivity index is 3.04. The standard InChI is InChI=1S/C10H11ClN2O4/c1-7(11)2-3-8-4-5-9(12(14)15)6-10(8)13(16)17/h4-7H,2-3H2,1H3. The monoisotopic (exact) mass is 258 g/mol. The highest BCUT2D eigenvalue weighted by Gasteiger charge is 2.19. The van der Waals surface area contributed by atoms with Gasteiger partial charge in [-0.1, -0.05) is 0 Å². The van der Waals surface area contributed by atoms with Crippen LogP contribution in [0.3, 0.4) is 0 Å². The number of nitro groups is 2. The van der Waals surface area contributed by atoms with Crippen molar-refractivity contribution in [2.75, 3.05) is 0 Å². The highest BCUT2D eigenvalue weighted by Crippen LogP contribution is 2.26. The third-order valence-electron chi connectivity index (χ3n) is 2.29. The van der Waals surface area contributed by atoms with Gasteiger partial charge in [-0.15, -0.1) is 11.6 Å². The normalized spacial score (nSPS) is 12.1. The summed E-state index contributed by atoms with van der Waals surface area (Å²) in [6.07, 6.45) is 1.01. The Morgan fingerprint density at radius 2 is 1.94 bits per heavy atom. The lowest BCUT2D eigenvalue weighted by molar-refractivity contribution is -0.394. The summed E-state index contributed by atoms with van der Waals surface area (Å²) in [7, 11) is 0. The second-order valence-electron chi connectivity index (χ2n) is 3.65. The molecule has 1 unspecified atom stereocenters. The van der Waals surface area contributed by atoms with Crippen molar-refractivity contribution in [1.29, 1.82) is 0 Å². The molecule has 0 N–H and O–H groups in total. The zero-order chi connectivity index (χ0) is 13.0. The second kappa shape index (κ2) is 5.58. The molecule has 0 aromatic heterocycles. The van der Waals surface area contributed by atoms with Crippen molar-refractivity contribution >= 4 is 23.0 Å². The van der Waals surface area contributed by atoms with Crippen molar-refractivity contribution in [3.63, 3.8) is 0 Å². The molecule has 0 aliphatic heterocycles. The number of benzene rings is 1. The van der Waals surface area contributed by atoms with E-state index >= 15 is 0 Å². The Kier molecular flexibility index (Phi) is 4.39. The molecule has 6 nitrogen and oxygen atoms in total. The average Bonchev–Trinajstić information content (AvgIpc) is 2.25. The lowest BCUT2D eigenvalue weighted by atomic mass is 10.1. The zero-order valence-electron chi connectivity index (χ0n) is 9.13. The fourth-order valence-electron chi connectivity index (χ4n) is 1.40. The van der Waals surface area contributed by atoms with Crippen LogP contribution in [0.5, 0.6) is 0 Å². The Labute approximate surface area is 103 Å². The first-order valence-corrected chi connectivity index (χ1v) is 5.41. The molecule has 0 amide bonds. The summed E-state index contributed by atoms with van der Waals surface area (Å²) >= 11 is 5.76. The summed E-state index contributed by atoms with van der Waals surface area (Å²) in [6, 6.07) is 3.66. The molecule has 0 radical (unpaired) electrons. The number of aryl methyl sites for hydroxylation is 1. The first-order chi connectivity index (χ1) is 7.91. The van der Waals surface area contributed by atoms with Crippen LogP contribution in [0.4, 0.5) is 11.4 Å². The van der Waals surface area contributed by atoms with Crippen molar-refractivity contribution < 1.29 is 9.85 Å². The molecular formula is C10H11ClN2O4. The number of halogens is 1. The molecule has 0 saturated carbocycles. The summed E-state index contributed by atoms with van der Waals surface area (Å²) in [5, 5.41) is 21.2. The molecule has 1 aromatic carbocycles. The highest BCUT2D eigenvalue weighted by molar-refractivity contribution is 6.20. The van der Waals surface area contributed by atoms with Crippen LogP contribution in [-0.4, -0.2) is 15.2 Å². The molecule has 1 aromatic rings. The van der Waals surface area contributed by atoms with Gasteiger partial charge in [0, 0.05) is 17.0 Å². The van der Waals surface area contributed by atoms with Crippen LogP contribution in [0, 0.1) is 20.2 Å². The number of nitrogens with zero attached hydrogens (tertiary/aromatic N) is 2. The summed E-state index contributed by atoms with van der Waals surface area (Å²) in [6.45, 7) is 1.79. The molecule has 0 spiro atoms. The number of nitro benzene ring substituents is 2. The SMILES string of the molecule is CC(Cl)CCc1ccc([N+](=O)[O-])cc1[N+](=O)[O-]. The van der Waals surface area contributed by atoms with Crippen molar-refractivity contribution in [1.82, 2.24) is 0 Å². The molecule has 0 bridgehead atoms. The number of rotatable bonds is 5. The second-order valence-corrected chi connectivity index (χ2v) is 4.39. The average molecular weight is 259 g/mol. The van der Waals surface area contributed by atoms with E-state index in [1.165, 1.54) is 12.1 Å². The van der Waals surface area contributed by atoms with E-state index in [1.54, 1.807) is 6.92 Å². The van der Waals surface area contributed by atoms with Gasteiger partial charge < -0.3 is 0 Å². The lowest BCUT2D eigenvalue weighted by Crippen LogP contribution is -2.00. The van der Waals surface area contributed by atoms with Gasteiger partial charge in [-0.2, -0.15) is 0 Å². The first-order valence-electron chi connectivity index (χ1n) is 4.97. The van der Waals surface area contributed by atoms with E-state index in [4.69, 9.17) is 11.6 Å². The van der Waals surface area contributed by atoms with Crippen LogP contribution in [0.2, 0.25) is 0 Å². The highest BCUT2D eigenvalue weighted by atomic mass is 35.5. The van der Waals surface area contributed by atoms with Gasteiger partial charge in [0.2, 0.25) is 0 Å². The molecule has 1 atom stereocenters. The molecule has 0 heterocycles. The number of hydrogen-bond donors (Lipinski definition) is 0. The molecular weight excluding hydrogens is 248 g/mol. The predicted molar refractivity (Wildman–Crippen MR) is 63.4 cm³/mol. The molecule has 0 saturated heterocycles. The maximum absolute atomic E-state index is 10.8. The van der Waals surface area contributed by atoms with Crippen molar-refractivity contribution in [3.8, 4) is 0 Å². The van der Waals surface area contributed by atoms with E-state index in [1.807, 2.05) is 0 Å². The van der Waals surface area contributed by atoms with Crippen LogP contribution >= 0.6 is 11.6 Å². The van der Waals surface area contributed by atoms with Gasteiger partial charge in [-0.05, 0) is 25.8 Å². The smallest absolute Gasteiger partial charge is 0.258 e. The summed E-state index contributed by atoms with van der Waals surface area (Å²) in [5.41, 5.74) is -0.0380. The van der Waals surface area contributed by atoms with Gasteiger partial charge in [-0.25, -0.2) is 0 Å². The van der Waals surface area contributed by atoms with E-state index in [0.717, 1.165) is 6.07 Å². The van der Waals surface area contributed by atoms with E-state index in [9.17, 15) is 20.2 Å². The first kappa shape index (κ1) is 13.4. The van der Waals surface area contributed by atoms with Crippen LogP contribution < -0.4 is 0 Å². The molecule has 1 rings (SSSR count). The summed E-state index contributed by atoms with van der Waals surface area (Å²) in [5.74, 6) is 0. The van der Waals surface area contributed by atoms with E-state index in [2.05, 4.69) is 0 Å². The minimum Gasteiger partial charge on any atom is -0.258 e. The summed E-state index contributed by atoms with van der Waals surface area (Å²) < 4.78 is 0. The van der Waals surface area contributed by atoms with E-state index < -0.39 is 9.85 Å². The van der Waals surface area contributed by atoms with Gasteiger partial charge >= 0.3 is 0 Å². The predicted octanol–water partition coefficient (Wildman–Crippen LogP) is 3.06. The van der Waals surface area contributed by atoms with Crippen LogP contribution in [0.15, 0.2) is 18.2 Å². The van der Waals surface area contributed by atoms with Crippen molar-refractivity contribution in [3.05, 3.63) is 44.0 Å². The van der Waals surface area contributed by atoms with Crippen LogP contribution in [-0.2, 0) is 6.42 Å². The quantitative estimate of drug-likeness (QED) is 0.461. The Morgan fingerprint density at radius 3 is 2.41 bits per heavy atom. The van der Waals surface area contributed by atoms with Crippen LogP contribution in [0.1, 0.15) is 18.9 Å². The van der Waals surface area contributed by atoms with Gasteiger partial charge in [0.15, 0.2) is 0 Å². The Bertz CT molecular complexity index is 448. The Hall–Kier alpha value is -1.69. The fourth-order valence-corrected chi connectivity index (χ4v) is 1.51. The summed E-state index contributed by atoms with van der Waals surface area (Å²) in [4.78, 5) is 20.0. The third kappa shape index (κ3) is 3.67. The number of hydrogen-bond acceptors (Lipinski definition) is 4. The van der Waals surface area contributed by atoms with Crippen molar-refractivity contribution in [2.45, 2.75) is 25.1 Å². The molecule has 7 heteroatoms. The third-order valence-corrected chi connectivity index (χ3v) is 2.51. The molecule has 92 valence electrons. The Morgan fingerprint density at radius 1 is 1.29 bits per heavy atom. The number of alkyl halides is 1. The maximum Gasteiger partial charge on any atom is 0.279 e. The molecule has 0 fully saturated rings. The largest absolute Gasteiger partial charge is 0.279 e. The van der Waals surface area contributed by atoms with Gasteiger partial charge in [0.1, 0.15) is 0 Å². The van der Waals surface area contributed by atoms with Gasteiger partial charge in [-0.3, -0.25) is 20.2 Å². The van der Waals surface area contributed by atoms with E-state index in [0.29, 0.717) is 18.4 Å². The number of non-ortho nitro benzene ring substituents is 1. The van der Waals surface area contributed by atoms with Crippen LogP contribution in [0.25, 0.3) is 0 Å². The van der Waals surface area contributed by atoms with E-state index in [-0.39, 0.29) is 16.8 Å². The minimum atomic E-state index is -0.652. The molecule has 17 heavy (non-hydrogen) atoms. The minimum absolute atomic E-state index is 0.0928.